The van der Waals surface area contributed by atoms with E-state index in [-0.39, 0.29) is 11.8 Å². The van der Waals surface area contributed by atoms with Crippen molar-refractivity contribution in [3.8, 4) is 0 Å². The Morgan fingerprint density at radius 2 is 1.52 bits per heavy atom. The second kappa shape index (κ2) is 7.84. The highest BCUT2D eigenvalue weighted by molar-refractivity contribution is 6.30. The summed E-state index contributed by atoms with van der Waals surface area (Å²) >= 11 is 5.83. The van der Waals surface area contributed by atoms with E-state index in [0.29, 0.717) is 16.4 Å². The molecule has 0 atom stereocenters. The number of benzene rings is 2. The minimum Gasteiger partial charge on any atom is -0.340 e. The lowest BCUT2D eigenvalue weighted by Crippen LogP contribution is -2.12. The average molecular weight is 393 g/mol. The number of alkyl halides is 3. The summed E-state index contributed by atoms with van der Waals surface area (Å²) in [7, 11) is 0. The van der Waals surface area contributed by atoms with Crippen LogP contribution in [0.2, 0.25) is 5.02 Å². The summed E-state index contributed by atoms with van der Waals surface area (Å²) < 4.78 is 40.0. The number of hydrogen-bond donors (Lipinski definition) is 2. The quantitative estimate of drug-likeness (QED) is 0.543. The second-order valence-electron chi connectivity index (χ2n) is 5.76. The molecule has 8 heteroatoms. The van der Waals surface area contributed by atoms with Gasteiger partial charge in [0.05, 0.1) is 0 Å². The number of halogens is 4. The zero-order valence-corrected chi connectivity index (χ0v) is 15.1. The lowest BCUT2D eigenvalue weighted by atomic mass is 10.1. The molecule has 0 saturated heterocycles. The first kappa shape index (κ1) is 19.0. The third kappa shape index (κ3) is 4.89. The van der Waals surface area contributed by atoms with Crippen LogP contribution in [0.15, 0.2) is 54.7 Å². The van der Waals surface area contributed by atoms with E-state index in [4.69, 9.17) is 11.6 Å². The maximum absolute atomic E-state index is 13.3. The minimum absolute atomic E-state index is 0.0398. The zero-order chi connectivity index (χ0) is 19.4. The van der Waals surface area contributed by atoms with E-state index < -0.39 is 11.7 Å². The van der Waals surface area contributed by atoms with E-state index in [1.54, 1.807) is 36.4 Å². The molecule has 0 fully saturated rings. The number of anilines is 4. The summed E-state index contributed by atoms with van der Waals surface area (Å²) in [4.78, 5) is 7.79. The van der Waals surface area contributed by atoms with Crippen molar-refractivity contribution in [3.63, 3.8) is 0 Å². The van der Waals surface area contributed by atoms with Crippen molar-refractivity contribution >= 4 is 34.7 Å². The molecule has 0 radical (unpaired) electrons. The Bertz CT molecular complexity index is 910. The van der Waals surface area contributed by atoms with E-state index in [1.807, 2.05) is 19.1 Å². The first-order valence-electron chi connectivity index (χ1n) is 8.18. The van der Waals surface area contributed by atoms with Crippen LogP contribution in [-0.2, 0) is 12.6 Å². The molecule has 0 bridgehead atoms. The molecular formula is C19H16ClF3N4. The van der Waals surface area contributed by atoms with Gasteiger partial charge in [0, 0.05) is 22.6 Å². The SMILES string of the molecule is CCc1ccc(Nc2nc(Nc3ccc(Cl)cc3)ncc2C(F)(F)F)cc1. The molecule has 2 aromatic carbocycles. The monoisotopic (exact) mass is 392 g/mol. The number of aromatic nitrogens is 2. The van der Waals surface area contributed by atoms with Gasteiger partial charge in [-0.25, -0.2) is 4.98 Å². The highest BCUT2D eigenvalue weighted by Gasteiger charge is 2.35. The Hall–Kier alpha value is -2.80. The summed E-state index contributed by atoms with van der Waals surface area (Å²) in [6.07, 6.45) is -2.98. The first-order valence-corrected chi connectivity index (χ1v) is 8.55. The number of nitrogens with one attached hydrogen (secondary N) is 2. The molecule has 4 nitrogen and oxygen atoms in total. The summed E-state index contributed by atoms with van der Waals surface area (Å²) in [5, 5.41) is 6.15. The van der Waals surface area contributed by atoms with Crippen LogP contribution >= 0.6 is 11.6 Å². The lowest BCUT2D eigenvalue weighted by molar-refractivity contribution is -0.137. The van der Waals surface area contributed by atoms with Crippen molar-refractivity contribution in [2.45, 2.75) is 19.5 Å². The van der Waals surface area contributed by atoms with Crippen molar-refractivity contribution in [2.75, 3.05) is 10.6 Å². The minimum atomic E-state index is -4.58. The van der Waals surface area contributed by atoms with E-state index in [1.165, 1.54) is 0 Å². The Morgan fingerprint density at radius 1 is 0.926 bits per heavy atom. The molecule has 140 valence electrons. The van der Waals surface area contributed by atoms with E-state index >= 15 is 0 Å². The van der Waals surface area contributed by atoms with E-state index in [0.717, 1.165) is 18.2 Å². The van der Waals surface area contributed by atoms with Gasteiger partial charge in [-0.1, -0.05) is 30.7 Å². The fourth-order valence-corrected chi connectivity index (χ4v) is 2.49. The number of rotatable bonds is 5. The summed E-state index contributed by atoms with van der Waals surface area (Å²) in [6, 6.07) is 13.8. The van der Waals surface area contributed by atoms with Crippen molar-refractivity contribution in [1.29, 1.82) is 0 Å². The molecule has 2 N–H and O–H groups in total. The van der Waals surface area contributed by atoms with Gasteiger partial charge in [-0.2, -0.15) is 18.2 Å². The Labute approximate surface area is 159 Å². The molecule has 0 amide bonds. The van der Waals surface area contributed by atoms with Crippen LogP contribution in [0.5, 0.6) is 0 Å². The molecule has 3 aromatic rings. The predicted molar refractivity (Wildman–Crippen MR) is 101 cm³/mol. The van der Waals surface area contributed by atoms with E-state index in [9.17, 15) is 13.2 Å². The molecule has 0 aliphatic carbocycles. The average Bonchev–Trinajstić information content (AvgIpc) is 2.63. The van der Waals surface area contributed by atoms with Gasteiger partial charge in [0.15, 0.2) is 0 Å². The zero-order valence-electron chi connectivity index (χ0n) is 14.3. The molecule has 1 aromatic heterocycles. The van der Waals surface area contributed by atoms with Gasteiger partial charge in [0.1, 0.15) is 11.4 Å². The van der Waals surface area contributed by atoms with E-state index in [2.05, 4.69) is 20.6 Å². The van der Waals surface area contributed by atoms with Crippen LogP contribution in [0.3, 0.4) is 0 Å². The molecule has 0 aliphatic rings. The van der Waals surface area contributed by atoms with Crippen LogP contribution in [-0.4, -0.2) is 9.97 Å². The van der Waals surface area contributed by atoms with Gasteiger partial charge >= 0.3 is 6.18 Å². The van der Waals surface area contributed by atoms with Crippen molar-refractivity contribution in [1.82, 2.24) is 9.97 Å². The molecule has 0 saturated carbocycles. The Kier molecular flexibility index (Phi) is 5.51. The summed E-state index contributed by atoms with van der Waals surface area (Å²) in [6.45, 7) is 2.00. The molecule has 27 heavy (non-hydrogen) atoms. The van der Waals surface area contributed by atoms with Crippen LogP contribution in [0.25, 0.3) is 0 Å². The maximum Gasteiger partial charge on any atom is 0.421 e. The number of nitrogens with zero attached hydrogens (tertiary/aromatic N) is 2. The molecule has 0 spiro atoms. The lowest BCUT2D eigenvalue weighted by Gasteiger charge is -2.15. The van der Waals surface area contributed by atoms with Gasteiger partial charge in [-0.15, -0.1) is 0 Å². The first-order chi connectivity index (χ1) is 12.8. The largest absolute Gasteiger partial charge is 0.421 e. The topological polar surface area (TPSA) is 49.8 Å². The molecule has 0 unspecified atom stereocenters. The number of hydrogen-bond acceptors (Lipinski definition) is 4. The molecule has 1 heterocycles. The standard InChI is InChI=1S/C19H16ClF3N4/c1-2-12-3-7-14(8-4-12)25-17-16(19(21,22)23)11-24-18(27-17)26-15-9-5-13(20)6-10-15/h3-11H,2H2,1H3,(H2,24,25,26,27). The van der Waals surface area contributed by atoms with Gasteiger partial charge < -0.3 is 10.6 Å². The summed E-state index contributed by atoms with van der Waals surface area (Å²) in [5.41, 5.74) is 1.26. The van der Waals surface area contributed by atoms with Crippen LogP contribution in [0.4, 0.5) is 36.3 Å². The normalized spacial score (nSPS) is 11.3. The maximum atomic E-state index is 13.3. The fraction of sp³-hybridized carbons (Fsp3) is 0.158. The molecule has 0 aliphatic heterocycles. The predicted octanol–water partition coefficient (Wildman–Crippen LogP) is 6.20. The van der Waals surface area contributed by atoms with Crippen LogP contribution in [0, 0.1) is 0 Å². The van der Waals surface area contributed by atoms with Crippen LogP contribution < -0.4 is 10.6 Å². The van der Waals surface area contributed by atoms with Gasteiger partial charge in [0.25, 0.3) is 0 Å². The van der Waals surface area contributed by atoms with Crippen molar-refractivity contribution < 1.29 is 13.2 Å². The van der Waals surface area contributed by atoms with Crippen LogP contribution in [0.1, 0.15) is 18.1 Å². The Balaban J connectivity index is 1.91. The number of aryl methyl sites for hydroxylation is 1. The third-order valence-corrected chi connectivity index (χ3v) is 4.07. The summed E-state index contributed by atoms with van der Waals surface area (Å²) in [5.74, 6) is -0.281. The third-order valence-electron chi connectivity index (χ3n) is 3.82. The smallest absolute Gasteiger partial charge is 0.340 e. The Morgan fingerprint density at radius 3 is 2.11 bits per heavy atom. The van der Waals surface area contributed by atoms with Gasteiger partial charge in [-0.05, 0) is 48.4 Å². The van der Waals surface area contributed by atoms with Gasteiger partial charge in [0.2, 0.25) is 5.95 Å². The fourth-order valence-electron chi connectivity index (χ4n) is 2.37. The highest BCUT2D eigenvalue weighted by Crippen LogP contribution is 2.35. The molecular weight excluding hydrogens is 377 g/mol. The molecule has 3 rings (SSSR count). The second-order valence-corrected chi connectivity index (χ2v) is 6.20. The van der Waals surface area contributed by atoms with Crippen molar-refractivity contribution in [2.24, 2.45) is 0 Å². The van der Waals surface area contributed by atoms with Crippen molar-refractivity contribution in [3.05, 3.63) is 70.9 Å². The highest BCUT2D eigenvalue weighted by atomic mass is 35.5. The van der Waals surface area contributed by atoms with Gasteiger partial charge in [-0.3, -0.25) is 0 Å².